The molecule has 1 fully saturated rings. The van der Waals surface area contributed by atoms with E-state index in [-0.39, 0.29) is 5.25 Å². The zero-order valence-electron chi connectivity index (χ0n) is 10.00. The number of halogens is 3. The standard InChI is InChI=1S/C13H15F3OS/c1-9-12(17,6-3-7-18-9)10-4-2-5-11(8-10)13(14,15)16/h2,4-5,8-9,17H,3,6-7H2,1H3. The predicted molar refractivity (Wildman–Crippen MR) is 66.5 cm³/mol. The van der Waals surface area contributed by atoms with Gasteiger partial charge in [-0.05, 0) is 36.3 Å². The molecule has 1 aliphatic heterocycles. The van der Waals surface area contributed by atoms with Crippen molar-refractivity contribution in [1.82, 2.24) is 0 Å². The lowest BCUT2D eigenvalue weighted by atomic mass is 9.85. The molecule has 1 aromatic rings. The van der Waals surface area contributed by atoms with Crippen LogP contribution in [0.1, 0.15) is 30.9 Å². The summed E-state index contributed by atoms with van der Waals surface area (Å²) in [4.78, 5) is 0. The van der Waals surface area contributed by atoms with Crippen molar-refractivity contribution in [2.75, 3.05) is 5.75 Å². The molecule has 1 saturated heterocycles. The van der Waals surface area contributed by atoms with Crippen molar-refractivity contribution in [1.29, 1.82) is 0 Å². The Morgan fingerprint density at radius 3 is 2.72 bits per heavy atom. The Hall–Kier alpha value is -0.680. The van der Waals surface area contributed by atoms with E-state index in [1.54, 1.807) is 17.8 Å². The molecule has 2 unspecified atom stereocenters. The summed E-state index contributed by atoms with van der Waals surface area (Å²) < 4.78 is 38.0. The van der Waals surface area contributed by atoms with Crippen LogP contribution in [0.25, 0.3) is 0 Å². The van der Waals surface area contributed by atoms with Gasteiger partial charge in [0, 0.05) is 5.25 Å². The van der Waals surface area contributed by atoms with Crippen LogP contribution in [0.5, 0.6) is 0 Å². The SMILES string of the molecule is CC1SCCCC1(O)c1cccc(C(F)(F)F)c1. The number of hydrogen-bond acceptors (Lipinski definition) is 2. The van der Waals surface area contributed by atoms with Crippen molar-refractivity contribution in [2.45, 2.75) is 36.8 Å². The van der Waals surface area contributed by atoms with Gasteiger partial charge in [0.15, 0.2) is 0 Å². The average Bonchev–Trinajstić information content (AvgIpc) is 2.32. The van der Waals surface area contributed by atoms with Gasteiger partial charge in [0.1, 0.15) is 5.60 Å². The fourth-order valence-electron chi connectivity index (χ4n) is 2.29. The number of rotatable bonds is 1. The highest BCUT2D eigenvalue weighted by Gasteiger charge is 2.40. The quantitative estimate of drug-likeness (QED) is 0.841. The molecule has 1 heterocycles. The number of aliphatic hydroxyl groups is 1. The maximum Gasteiger partial charge on any atom is 0.416 e. The second-order valence-electron chi connectivity index (χ2n) is 4.62. The first kappa shape index (κ1) is 13.7. The van der Waals surface area contributed by atoms with Crippen LogP contribution in [0.3, 0.4) is 0 Å². The van der Waals surface area contributed by atoms with Gasteiger partial charge in [-0.3, -0.25) is 0 Å². The van der Waals surface area contributed by atoms with E-state index in [4.69, 9.17) is 0 Å². The summed E-state index contributed by atoms with van der Waals surface area (Å²) in [5.74, 6) is 0.947. The molecular formula is C13H15F3OS. The fourth-order valence-corrected chi connectivity index (χ4v) is 3.48. The van der Waals surface area contributed by atoms with Crippen LogP contribution in [-0.2, 0) is 11.8 Å². The van der Waals surface area contributed by atoms with Gasteiger partial charge in [-0.2, -0.15) is 24.9 Å². The molecule has 0 bridgehead atoms. The lowest BCUT2D eigenvalue weighted by Crippen LogP contribution is -2.39. The Morgan fingerprint density at radius 1 is 1.39 bits per heavy atom. The maximum absolute atomic E-state index is 12.7. The topological polar surface area (TPSA) is 20.2 Å². The second-order valence-corrected chi connectivity index (χ2v) is 6.07. The summed E-state index contributed by atoms with van der Waals surface area (Å²) in [6.07, 6.45) is -3.03. The maximum atomic E-state index is 12.7. The fraction of sp³-hybridized carbons (Fsp3) is 0.538. The van der Waals surface area contributed by atoms with E-state index in [9.17, 15) is 18.3 Å². The van der Waals surface area contributed by atoms with Crippen LogP contribution in [-0.4, -0.2) is 16.1 Å². The molecular weight excluding hydrogens is 261 g/mol. The molecule has 2 rings (SSSR count). The molecule has 0 aliphatic carbocycles. The predicted octanol–water partition coefficient (Wildman–Crippen LogP) is 3.81. The molecule has 1 N–H and O–H groups in total. The van der Waals surface area contributed by atoms with E-state index in [1.807, 2.05) is 6.92 Å². The van der Waals surface area contributed by atoms with E-state index in [0.29, 0.717) is 12.0 Å². The van der Waals surface area contributed by atoms with Gasteiger partial charge in [-0.15, -0.1) is 0 Å². The molecule has 5 heteroatoms. The molecule has 0 amide bonds. The summed E-state index contributed by atoms with van der Waals surface area (Å²) >= 11 is 1.60. The summed E-state index contributed by atoms with van der Waals surface area (Å²) in [5.41, 5.74) is -1.47. The minimum Gasteiger partial charge on any atom is -0.384 e. The highest BCUT2D eigenvalue weighted by Crippen LogP contribution is 2.42. The van der Waals surface area contributed by atoms with Gasteiger partial charge >= 0.3 is 6.18 Å². The lowest BCUT2D eigenvalue weighted by Gasteiger charge is -2.38. The van der Waals surface area contributed by atoms with Crippen molar-refractivity contribution in [3.63, 3.8) is 0 Å². The van der Waals surface area contributed by atoms with Gasteiger partial charge in [0.25, 0.3) is 0 Å². The summed E-state index contributed by atoms with van der Waals surface area (Å²) in [6.45, 7) is 1.87. The summed E-state index contributed by atoms with van der Waals surface area (Å²) in [7, 11) is 0. The third-order valence-corrected chi connectivity index (χ3v) is 4.85. The Balaban J connectivity index is 2.38. The van der Waals surface area contributed by atoms with E-state index in [2.05, 4.69) is 0 Å². The molecule has 0 radical (unpaired) electrons. The molecule has 0 aromatic heterocycles. The Bertz CT molecular complexity index is 432. The minimum atomic E-state index is -4.36. The van der Waals surface area contributed by atoms with E-state index in [0.717, 1.165) is 24.3 Å². The van der Waals surface area contributed by atoms with Crippen LogP contribution in [0.4, 0.5) is 13.2 Å². The zero-order valence-corrected chi connectivity index (χ0v) is 10.8. The van der Waals surface area contributed by atoms with Crippen LogP contribution < -0.4 is 0 Å². The van der Waals surface area contributed by atoms with Crippen molar-refractivity contribution < 1.29 is 18.3 Å². The first-order valence-electron chi connectivity index (χ1n) is 5.86. The zero-order chi connectivity index (χ0) is 13.4. The molecule has 18 heavy (non-hydrogen) atoms. The number of thioether (sulfide) groups is 1. The Labute approximate surface area is 108 Å². The van der Waals surface area contributed by atoms with Crippen LogP contribution >= 0.6 is 11.8 Å². The molecule has 1 aliphatic rings. The highest BCUT2D eigenvalue weighted by atomic mass is 32.2. The molecule has 2 atom stereocenters. The normalized spacial score (nSPS) is 29.3. The van der Waals surface area contributed by atoms with Gasteiger partial charge in [-0.1, -0.05) is 19.1 Å². The Morgan fingerprint density at radius 2 is 2.11 bits per heavy atom. The average molecular weight is 276 g/mol. The Kier molecular flexibility index (Phi) is 3.65. The monoisotopic (exact) mass is 276 g/mol. The van der Waals surface area contributed by atoms with Crippen molar-refractivity contribution in [3.8, 4) is 0 Å². The molecule has 0 spiro atoms. The van der Waals surface area contributed by atoms with Crippen molar-refractivity contribution in [3.05, 3.63) is 35.4 Å². The van der Waals surface area contributed by atoms with Gasteiger partial charge in [-0.25, -0.2) is 0 Å². The largest absolute Gasteiger partial charge is 0.416 e. The van der Waals surface area contributed by atoms with Gasteiger partial charge in [0.05, 0.1) is 5.56 Å². The van der Waals surface area contributed by atoms with E-state index in [1.165, 1.54) is 6.07 Å². The molecule has 1 aromatic carbocycles. The number of benzene rings is 1. The van der Waals surface area contributed by atoms with Gasteiger partial charge < -0.3 is 5.11 Å². The van der Waals surface area contributed by atoms with Gasteiger partial charge in [0.2, 0.25) is 0 Å². The van der Waals surface area contributed by atoms with E-state index >= 15 is 0 Å². The minimum absolute atomic E-state index is 0.0882. The highest BCUT2D eigenvalue weighted by molar-refractivity contribution is 8.00. The van der Waals surface area contributed by atoms with E-state index < -0.39 is 17.3 Å². The second kappa shape index (κ2) is 4.78. The van der Waals surface area contributed by atoms with Crippen LogP contribution in [0.15, 0.2) is 24.3 Å². The third-order valence-electron chi connectivity index (χ3n) is 3.43. The van der Waals surface area contributed by atoms with Crippen molar-refractivity contribution >= 4 is 11.8 Å². The molecule has 0 saturated carbocycles. The van der Waals surface area contributed by atoms with Crippen molar-refractivity contribution in [2.24, 2.45) is 0 Å². The summed E-state index contributed by atoms with van der Waals surface area (Å²) in [5, 5.41) is 10.5. The van der Waals surface area contributed by atoms with Crippen LogP contribution in [0, 0.1) is 0 Å². The summed E-state index contributed by atoms with van der Waals surface area (Å²) in [6, 6.07) is 5.05. The lowest BCUT2D eigenvalue weighted by molar-refractivity contribution is -0.137. The molecule has 100 valence electrons. The first-order valence-corrected chi connectivity index (χ1v) is 6.90. The number of alkyl halides is 3. The number of hydrogen-bond donors (Lipinski definition) is 1. The molecule has 1 nitrogen and oxygen atoms in total. The smallest absolute Gasteiger partial charge is 0.384 e. The van der Waals surface area contributed by atoms with Crippen LogP contribution in [0.2, 0.25) is 0 Å². The first-order chi connectivity index (χ1) is 8.34. The third kappa shape index (κ3) is 2.52.